The van der Waals surface area contributed by atoms with Gasteiger partial charge >= 0.3 is 0 Å². The molecule has 1 aromatic rings. The molecule has 0 aliphatic heterocycles. The van der Waals surface area contributed by atoms with E-state index in [0.717, 1.165) is 32.1 Å². The summed E-state index contributed by atoms with van der Waals surface area (Å²) in [4.78, 5) is 35.0. The Kier molecular flexibility index (Phi) is 6.78. The van der Waals surface area contributed by atoms with Gasteiger partial charge in [0.1, 0.15) is 0 Å². The second kappa shape index (κ2) is 9.05. The third kappa shape index (κ3) is 6.40. The SMILES string of the molecule is CC(=O)NCCCCCC(=O)Nc1ccccc1C(=O)NC1CC1. The summed E-state index contributed by atoms with van der Waals surface area (Å²) in [5, 5.41) is 8.49. The summed E-state index contributed by atoms with van der Waals surface area (Å²) >= 11 is 0. The fourth-order valence-corrected chi connectivity index (χ4v) is 2.35. The van der Waals surface area contributed by atoms with E-state index in [-0.39, 0.29) is 23.8 Å². The second-order valence-corrected chi connectivity index (χ2v) is 6.14. The molecule has 0 heterocycles. The smallest absolute Gasteiger partial charge is 0.253 e. The molecule has 1 aliphatic rings. The van der Waals surface area contributed by atoms with Crippen molar-refractivity contribution in [3.8, 4) is 0 Å². The molecular formula is C18H25N3O3. The quantitative estimate of drug-likeness (QED) is 0.606. The van der Waals surface area contributed by atoms with E-state index in [1.165, 1.54) is 6.92 Å². The van der Waals surface area contributed by atoms with E-state index in [4.69, 9.17) is 0 Å². The van der Waals surface area contributed by atoms with Crippen LogP contribution < -0.4 is 16.0 Å². The molecule has 1 aromatic carbocycles. The zero-order chi connectivity index (χ0) is 17.4. The Labute approximate surface area is 142 Å². The van der Waals surface area contributed by atoms with Crippen molar-refractivity contribution in [2.24, 2.45) is 0 Å². The third-order valence-electron chi connectivity index (χ3n) is 3.81. The number of anilines is 1. The zero-order valence-corrected chi connectivity index (χ0v) is 14.1. The Balaban J connectivity index is 1.74. The van der Waals surface area contributed by atoms with Crippen LogP contribution in [0.3, 0.4) is 0 Å². The molecule has 24 heavy (non-hydrogen) atoms. The van der Waals surface area contributed by atoms with E-state index in [1.54, 1.807) is 24.3 Å². The van der Waals surface area contributed by atoms with E-state index in [0.29, 0.717) is 24.2 Å². The topological polar surface area (TPSA) is 87.3 Å². The maximum absolute atomic E-state index is 12.2. The number of carbonyl (C=O) groups excluding carboxylic acids is 3. The molecule has 0 spiro atoms. The average molecular weight is 331 g/mol. The lowest BCUT2D eigenvalue weighted by molar-refractivity contribution is -0.119. The van der Waals surface area contributed by atoms with E-state index in [9.17, 15) is 14.4 Å². The minimum Gasteiger partial charge on any atom is -0.356 e. The molecule has 130 valence electrons. The van der Waals surface area contributed by atoms with Gasteiger partial charge < -0.3 is 16.0 Å². The van der Waals surface area contributed by atoms with Crippen LogP contribution in [0, 0.1) is 0 Å². The van der Waals surface area contributed by atoms with Gasteiger partial charge in [-0.1, -0.05) is 18.6 Å². The summed E-state index contributed by atoms with van der Waals surface area (Å²) in [5.41, 5.74) is 1.06. The van der Waals surface area contributed by atoms with Crippen molar-refractivity contribution in [1.82, 2.24) is 10.6 Å². The van der Waals surface area contributed by atoms with Gasteiger partial charge in [-0.25, -0.2) is 0 Å². The van der Waals surface area contributed by atoms with Crippen LogP contribution in [0.1, 0.15) is 55.8 Å². The number of unbranched alkanes of at least 4 members (excludes halogenated alkanes) is 2. The first-order chi connectivity index (χ1) is 11.6. The summed E-state index contributed by atoms with van der Waals surface area (Å²) in [6, 6.07) is 7.35. The fourth-order valence-electron chi connectivity index (χ4n) is 2.35. The van der Waals surface area contributed by atoms with Gasteiger partial charge in [-0.2, -0.15) is 0 Å². The fraction of sp³-hybridized carbons (Fsp3) is 0.500. The van der Waals surface area contributed by atoms with Gasteiger partial charge in [0, 0.05) is 25.9 Å². The molecule has 2 rings (SSSR count). The van der Waals surface area contributed by atoms with Crippen molar-refractivity contribution in [3.05, 3.63) is 29.8 Å². The lowest BCUT2D eigenvalue weighted by Gasteiger charge is -2.11. The molecule has 0 unspecified atom stereocenters. The molecule has 0 radical (unpaired) electrons. The number of hydrogen-bond donors (Lipinski definition) is 3. The molecule has 6 heteroatoms. The Morgan fingerprint density at radius 2 is 1.83 bits per heavy atom. The maximum atomic E-state index is 12.2. The summed E-state index contributed by atoms with van der Waals surface area (Å²) in [5.74, 6) is -0.265. The van der Waals surface area contributed by atoms with Gasteiger partial charge in [-0.3, -0.25) is 14.4 Å². The van der Waals surface area contributed by atoms with Crippen LogP contribution in [0.15, 0.2) is 24.3 Å². The van der Waals surface area contributed by atoms with E-state index < -0.39 is 0 Å². The highest BCUT2D eigenvalue weighted by Gasteiger charge is 2.24. The Bertz CT molecular complexity index is 597. The van der Waals surface area contributed by atoms with Crippen molar-refractivity contribution in [3.63, 3.8) is 0 Å². The predicted octanol–water partition coefficient (Wildman–Crippen LogP) is 2.21. The summed E-state index contributed by atoms with van der Waals surface area (Å²) in [6.45, 7) is 2.13. The van der Waals surface area contributed by atoms with Crippen molar-refractivity contribution in [2.45, 2.75) is 51.5 Å². The van der Waals surface area contributed by atoms with Crippen LogP contribution in [0.25, 0.3) is 0 Å². The molecule has 3 amide bonds. The minimum absolute atomic E-state index is 0.0335. The molecule has 0 bridgehead atoms. The standard InChI is InChI=1S/C18H25N3O3/c1-13(22)19-12-6-2-3-9-17(23)21-16-8-5-4-7-15(16)18(24)20-14-10-11-14/h4-5,7-8,14H,2-3,6,9-12H2,1H3,(H,19,22)(H,20,24)(H,21,23). The lowest BCUT2D eigenvalue weighted by Crippen LogP contribution is -2.27. The van der Waals surface area contributed by atoms with Crippen molar-refractivity contribution in [2.75, 3.05) is 11.9 Å². The summed E-state index contributed by atoms with van der Waals surface area (Å²) in [7, 11) is 0. The molecule has 0 atom stereocenters. The van der Waals surface area contributed by atoms with Crippen molar-refractivity contribution in [1.29, 1.82) is 0 Å². The number of hydrogen-bond acceptors (Lipinski definition) is 3. The highest BCUT2D eigenvalue weighted by Crippen LogP contribution is 2.21. The van der Waals surface area contributed by atoms with Gasteiger partial charge in [0.05, 0.1) is 11.3 Å². The molecular weight excluding hydrogens is 306 g/mol. The van der Waals surface area contributed by atoms with Crippen molar-refractivity contribution < 1.29 is 14.4 Å². The Morgan fingerprint density at radius 1 is 1.08 bits per heavy atom. The largest absolute Gasteiger partial charge is 0.356 e. The van der Waals surface area contributed by atoms with Gasteiger partial charge in [0.25, 0.3) is 5.91 Å². The van der Waals surface area contributed by atoms with Crippen LogP contribution in [0.2, 0.25) is 0 Å². The lowest BCUT2D eigenvalue weighted by atomic mass is 10.1. The Morgan fingerprint density at radius 3 is 2.54 bits per heavy atom. The van der Waals surface area contributed by atoms with Crippen LogP contribution in [-0.2, 0) is 9.59 Å². The zero-order valence-electron chi connectivity index (χ0n) is 14.1. The molecule has 1 aliphatic carbocycles. The number of benzene rings is 1. The molecule has 0 aromatic heterocycles. The molecule has 1 fully saturated rings. The first-order valence-corrected chi connectivity index (χ1v) is 8.50. The molecule has 3 N–H and O–H groups in total. The highest BCUT2D eigenvalue weighted by atomic mass is 16.2. The number of rotatable bonds is 9. The second-order valence-electron chi connectivity index (χ2n) is 6.14. The van der Waals surface area contributed by atoms with Gasteiger partial charge in [0.15, 0.2) is 0 Å². The highest BCUT2D eigenvalue weighted by molar-refractivity contribution is 6.03. The first-order valence-electron chi connectivity index (χ1n) is 8.50. The van der Waals surface area contributed by atoms with E-state index in [2.05, 4.69) is 16.0 Å². The van der Waals surface area contributed by atoms with E-state index >= 15 is 0 Å². The maximum Gasteiger partial charge on any atom is 0.253 e. The number of carbonyl (C=O) groups is 3. The van der Waals surface area contributed by atoms with Crippen LogP contribution in [-0.4, -0.2) is 30.3 Å². The normalized spacial score (nSPS) is 13.2. The van der Waals surface area contributed by atoms with Crippen molar-refractivity contribution >= 4 is 23.4 Å². The summed E-state index contributed by atoms with van der Waals surface area (Å²) < 4.78 is 0. The van der Waals surface area contributed by atoms with Crippen LogP contribution in [0.4, 0.5) is 5.69 Å². The number of para-hydroxylation sites is 1. The van der Waals surface area contributed by atoms with Crippen LogP contribution >= 0.6 is 0 Å². The van der Waals surface area contributed by atoms with Gasteiger partial charge in [0.2, 0.25) is 11.8 Å². The molecule has 6 nitrogen and oxygen atoms in total. The first kappa shape index (κ1) is 18.0. The molecule has 1 saturated carbocycles. The third-order valence-corrected chi connectivity index (χ3v) is 3.81. The van der Waals surface area contributed by atoms with Crippen LogP contribution in [0.5, 0.6) is 0 Å². The van der Waals surface area contributed by atoms with Gasteiger partial charge in [-0.15, -0.1) is 0 Å². The number of amides is 3. The summed E-state index contributed by atoms with van der Waals surface area (Å²) in [6.07, 6.45) is 4.93. The monoisotopic (exact) mass is 331 g/mol. The average Bonchev–Trinajstić information content (AvgIpc) is 3.35. The minimum atomic E-state index is -0.135. The Hall–Kier alpha value is -2.37. The van der Waals surface area contributed by atoms with Gasteiger partial charge in [-0.05, 0) is 37.8 Å². The number of nitrogens with one attached hydrogen (secondary N) is 3. The van der Waals surface area contributed by atoms with E-state index in [1.807, 2.05) is 0 Å². The predicted molar refractivity (Wildman–Crippen MR) is 92.7 cm³/mol. The molecule has 0 saturated heterocycles.